The van der Waals surface area contributed by atoms with Crippen molar-refractivity contribution < 1.29 is 4.92 Å². The van der Waals surface area contributed by atoms with Crippen molar-refractivity contribution in [2.75, 3.05) is 5.73 Å². The zero-order valence-corrected chi connectivity index (χ0v) is 10.3. The highest BCUT2D eigenvalue weighted by Crippen LogP contribution is 2.30. The van der Waals surface area contributed by atoms with E-state index in [0.29, 0.717) is 0 Å². The van der Waals surface area contributed by atoms with Gasteiger partial charge in [-0.3, -0.25) is 10.1 Å². The molecule has 0 fully saturated rings. The average Bonchev–Trinajstić information content (AvgIpc) is 2.83. The van der Waals surface area contributed by atoms with Crippen LogP contribution in [-0.4, -0.2) is 14.7 Å². The normalized spacial score (nSPS) is 12.6. The Morgan fingerprint density at radius 2 is 2.29 bits per heavy atom. The molecule has 1 unspecified atom stereocenters. The minimum absolute atomic E-state index is 0.0913. The van der Waals surface area contributed by atoms with Gasteiger partial charge >= 0.3 is 5.69 Å². The van der Waals surface area contributed by atoms with E-state index in [2.05, 4.69) is 5.10 Å². The molecule has 2 heterocycles. The quantitative estimate of drug-likeness (QED) is 0.671. The second kappa shape index (κ2) is 4.17. The molecule has 17 heavy (non-hydrogen) atoms. The Morgan fingerprint density at radius 3 is 2.76 bits per heavy atom. The highest BCUT2D eigenvalue weighted by Gasteiger charge is 2.22. The number of thiophene rings is 1. The molecule has 0 aliphatic rings. The van der Waals surface area contributed by atoms with Crippen molar-refractivity contribution in [3.05, 3.63) is 38.2 Å². The molecule has 1 atom stereocenters. The van der Waals surface area contributed by atoms with Gasteiger partial charge in [-0.15, -0.1) is 11.3 Å². The van der Waals surface area contributed by atoms with Gasteiger partial charge in [0.1, 0.15) is 6.20 Å². The minimum Gasteiger partial charge on any atom is -0.378 e. The summed E-state index contributed by atoms with van der Waals surface area (Å²) in [5.74, 6) is 0.0913. The first-order valence-corrected chi connectivity index (χ1v) is 5.86. The summed E-state index contributed by atoms with van der Waals surface area (Å²) in [6.07, 6.45) is 1.19. The summed E-state index contributed by atoms with van der Waals surface area (Å²) in [5, 5.41) is 14.7. The van der Waals surface area contributed by atoms with Gasteiger partial charge < -0.3 is 5.73 Å². The molecular weight excluding hydrogens is 240 g/mol. The van der Waals surface area contributed by atoms with Crippen molar-refractivity contribution in [3.63, 3.8) is 0 Å². The lowest BCUT2D eigenvalue weighted by Crippen LogP contribution is -2.10. The molecule has 2 N–H and O–H groups in total. The van der Waals surface area contributed by atoms with E-state index >= 15 is 0 Å². The number of nitrogens with zero attached hydrogens (tertiary/aromatic N) is 3. The Hall–Kier alpha value is -1.89. The zero-order chi connectivity index (χ0) is 12.6. The Morgan fingerprint density at radius 1 is 1.59 bits per heavy atom. The van der Waals surface area contributed by atoms with Gasteiger partial charge in [-0.25, -0.2) is 4.68 Å². The Balaban J connectivity index is 2.38. The van der Waals surface area contributed by atoms with Crippen LogP contribution >= 0.6 is 11.3 Å². The summed E-state index contributed by atoms with van der Waals surface area (Å²) in [4.78, 5) is 12.4. The number of nitro groups is 1. The summed E-state index contributed by atoms with van der Waals surface area (Å²) in [6, 6.07) is 3.89. The van der Waals surface area contributed by atoms with Crippen LogP contribution in [0.1, 0.15) is 22.7 Å². The third-order valence-corrected chi connectivity index (χ3v) is 3.72. The lowest BCUT2D eigenvalue weighted by atomic mass is 10.3. The van der Waals surface area contributed by atoms with Crippen molar-refractivity contribution in [1.29, 1.82) is 0 Å². The summed E-state index contributed by atoms with van der Waals surface area (Å²) in [7, 11) is 0. The number of anilines is 1. The monoisotopic (exact) mass is 252 g/mol. The van der Waals surface area contributed by atoms with Gasteiger partial charge in [0.15, 0.2) is 0 Å². The number of aromatic nitrogens is 2. The van der Waals surface area contributed by atoms with Crippen LogP contribution in [-0.2, 0) is 0 Å². The lowest BCUT2D eigenvalue weighted by molar-refractivity contribution is -0.384. The number of nitrogen functional groups attached to an aromatic ring is 1. The molecule has 0 bridgehead atoms. The van der Waals surface area contributed by atoms with Gasteiger partial charge in [-0.2, -0.15) is 5.10 Å². The third kappa shape index (κ3) is 2.01. The van der Waals surface area contributed by atoms with Crippen LogP contribution in [0.15, 0.2) is 18.3 Å². The van der Waals surface area contributed by atoms with Crippen LogP contribution in [0.5, 0.6) is 0 Å². The van der Waals surface area contributed by atoms with Gasteiger partial charge in [0, 0.05) is 9.75 Å². The fraction of sp³-hybridized carbons (Fsp3) is 0.300. The maximum absolute atomic E-state index is 10.7. The highest BCUT2D eigenvalue weighted by molar-refractivity contribution is 7.12. The Kier molecular flexibility index (Phi) is 2.84. The number of hydrogen-bond donors (Lipinski definition) is 1. The maximum atomic E-state index is 10.7. The van der Waals surface area contributed by atoms with Gasteiger partial charge in [0.2, 0.25) is 5.82 Å². The van der Waals surface area contributed by atoms with Gasteiger partial charge in [0.05, 0.1) is 11.0 Å². The molecule has 0 spiro atoms. The van der Waals surface area contributed by atoms with E-state index in [4.69, 9.17) is 5.73 Å². The SMILES string of the molecule is Cc1ccc(C(C)n2ncc([N+](=O)[O-])c2N)s1. The zero-order valence-electron chi connectivity index (χ0n) is 9.45. The molecule has 0 aliphatic heterocycles. The Labute approximate surface area is 102 Å². The van der Waals surface area contributed by atoms with Crippen molar-refractivity contribution in [2.24, 2.45) is 0 Å². The first-order chi connectivity index (χ1) is 8.00. The lowest BCUT2D eigenvalue weighted by Gasteiger charge is -2.11. The minimum atomic E-state index is -0.523. The first kappa shape index (κ1) is 11.6. The summed E-state index contributed by atoms with van der Waals surface area (Å²) < 4.78 is 1.48. The number of hydrogen-bond acceptors (Lipinski definition) is 5. The first-order valence-electron chi connectivity index (χ1n) is 5.04. The van der Waals surface area contributed by atoms with E-state index in [1.54, 1.807) is 11.3 Å². The van der Waals surface area contributed by atoms with Gasteiger partial charge in [0.25, 0.3) is 0 Å². The number of nitrogens with two attached hydrogens (primary N) is 1. The fourth-order valence-corrected chi connectivity index (χ4v) is 2.52. The van der Waals surface area contributed by atoms with Crippen molar-refractivity contribution in [2.45, 2.75) is 19.9 Å². The largest absolute Gasteiger partial charge is 0.378 e. The molecule has 0 radical (unpaired) electrons. The fourth-order valence-electron chi connectivity index (χ4n) is 1.61. The molecule has 6 nitrogen and oxygen atoms in total. The molecule has 0 saturated carbocycles. The molecule has 2 aromatic rings. The van der Waals surface area contributed by atoms with E-state index in [1.165, 1.54) is 15.8 Å². The number of rotatable bonds is 3. The smallest absolute Gasteiger partial charge is 0.330 e. The molecule has 0 saturated heterocycles. The summed E-state index contributed by atoms with van der Waals surface area (Å²) in [5.41, 5.74) is 5.56. The third-order valence-electron chi connectivity index (χ3n) is 2.55. The molecule has 2 aromatic heterocycles. The van der Waals surface area contributed by atoms with Crippen LogP contribution in [0.25, 0.3) is 0 Å². The van der Waals surface area contributed by atoms with Crippen molar-refractivity contribution in [1.82, 2.24) is 9.78 Å². The summed E-state index contributed by atoms with van der Waals surface area (Å²) >= 11 is 1.63. The van der Waals surface area contributed by atoms with Gasteiger partial charge in [-0.05, 0) is 26.0 Å². The molecular formula is C10H12N4O2S. The maximum Gasteiger partial charge on any atom is 0.330 e. The van der Waals surface area contributed by atoms with Gasteiger partial charge in [-0.1, -0.05) is 0 Å². The second-order valence-corrected chi connectivity index (χ2v) is 5.06. The predicted molar refractivity (Wildman–Crippen MR) is 66.2 cm³/mol. The van der Waals surface area contributed by atoms with Crippen LogP contribution < -0.4 is 5.73 Å². The molecule has 0 aromatic carbocycles. The topological polar surface area (TPSA) is 87.0 Å². The van der Waals surface area contributed by atoms with E-state index in [9.17, 15) is 10.1 Å². The van der Waals surface area contributed by atoms with E-state index in [0.717, 1.165) is 4.88 Å². The predicted octanol–water partition coefficient (Wildman–Crippen LogP) is 2.35. The average molecular weight is 252 g/mol. The summed E-state index contributed by atoms with van der Waals surface area (Å²) in [6.45, 7) is 3.92. The van der Waals surface area contributed by atoms with E-state index in [-0.39, 0.29) is 17.5 Å². The van der Waals surface area contributed by atoms with E-state index < -0.39 is 4.92 Å². The standard InChI is InChI=1S/C10H12N4O2S/c1-6-3-4-9(17-6)7(2)13-10(11)8(5-12-13)14(15)16/h3-5,7H,11H2,1-2H3. The molecule has 7 heteroatoms. The molecule has 0 aliphatic carbocycles. The van der Waals surface area contributed by atoms with E-state index in [1.807, 2.05) is 26.0 Å². The molecule has 2 rings (SSSR count). The number of aryl methyl sites for hydroxylation is 1. The van der Waals surface area contributed by atoms with Crippen LogP contribution in [0.3, 0.4) is 0 Å². The second-order valence-electron chi connectivity index (χ2n) is 3.74. The van der Waals surface area contributed by atoms with Crippen molar-refractivity contribution >= 4 is 22.8 Å². The Bertz CT molecular complexity index is 560. The van der Waals surface area contributed by atoms with Crippen LogP contribution in [0.4, 0.5) is 11.5 Å². The highest BCUT2D eigenvalue weighted by atomic mass is 32.1. The molecule has 90 valence electrons. The van der Waals surface area contributed by atoms with Crippen molar-refractivity contribution in [3.8, 4) is 0 Å². The molecule has 0 amide bonds. The van der Waals surface area contributed by atoms with Crippen LogP contribution in [0, 0.1) is 17.0 Å². The van der Waals surface area contributed by atoms with Crippen LogP contribution in [0.2, 0.25) is 0 Å².